The van der Waals surface area contributed by atoms with Gasteiger partial charge in [0.25, 0.3) is 0 Å². The van der Waals surface area contributed by atoms with Crippen molar-refractivity contribution in [1.82, 2.24) is 9.97 Å². The summed E-state index contributed by atoms with van der Waals surface area (Å²) in [5.74, 6) is 1.64. The van der Waals surface area contributed by atoms with Gasteiger partial charge in [0.1, 0.15) is 18.0 Å². The molecule has 2 aromatic rings. The summed E-state index contributed by atoms with van der Waals surface area (Å²) in [5, 5.41) is 7.22. The Labute approximate surface area is 118 Å². The van der Waals surface area contributed by atoms with E-state index in [4.69, 9.17) is 11.6 Å². The molecule has 2 N–H and O–H groups in total. The van der Waals surface area contributed by atoms with Gasteiger partial charge in [0.15, 0.2) is 0 Å². The molecule has 0 saturated heterocycles. The molecule has 100 valence electrons. The summed E-state index contributed by atoms with van der Waals surface area (Å²) in [6.45, 7) is 6.88. The van der Waals surface area contributed by atoms with Gasteiger partial charge in [-0.05, 0) is 38.5 Å². The van der Waals surface area contributed by atoms with Crippen LogP contribution in [-0.4, -0.2) is 16.5 Å². The molecule has 5 heteroatoms. The average molecular weight is 277 g/mol. The predicted octanol–water partition coefficient (Wildman–Crippen LogP) is 3.92. The van der Waals surface area contributed by atoms with Crippen LogP contribution in [0.5, 0.6) is 0 Å². The highest BCUT2D eigenvalue weighted by Crippen LogP contribution is 2.26. The monoisotopic (exact) mass is 276 g/mol. The molecule has 0 spiro atoms. The molecule has 0 unspecified atom stereocenters. The van der Waals surface area contributed by atoms with Gasteiger partial charge in [-0.25, -0.2) is 9.97 Å². The van der Waals surface area contributed by atoms with Crippen LogP contribution in [0, 0.1) is 13.8 Å². The zero-order valence-corrected chi connectivity index (χ0v) is 12.0. The molecular formula is C14H17ClN4. The number of halogens is 1. The third-order valence-electron chi connectivity index (χ3n) is 2.88. The summed E-state index contributed by atoms with van der Waals surface area (Å²) in [4.78, 5) is 8.50. The van der Waals surface area contributed by atoms with Gasteiger partial charge in [0, 0.05) is 22.8 Å². The second-order valence-electron chi connectivity index (χ2n) is 4.31. The van der Waals surface area contributed by atoms with E-state index < -0.39 is 0 Å². The van der Waals surface area contributed by atoms with Crippen LogP contribution in [0.1, 0.15) is 18.1 Å². The molecule has 2 rings (SSSR count). The molecule has 0 saturated carbocycles. The van der Waals surface area contributed by atoms with E-state index in [2.05, 4.69) is 20.6 Å². The molecule has 1 aromatic carbocycles. The van der Waals surface area contributed by atoms with Crippen LogP contribution in [0.25, 0.3) is 0 Å². The lowest BCUT2D eigenvalue weighted by Gasteiger charge is -2.13. The molecule has 0 bridgehead atoms. The minimum atomic E-state index is 0.701. The van der Waals surface area contributed by atoms with E-state index in [-0.39, 0.29) is 0 Å². The third kappa shape index (κ3) is 3.15. The number of hydrogen-bond donors (Lipinski definition) is 2. The van der Waals surface area contributed by atoms with Gasteiger partial charge in [0.2, 0.25) is 0 Å². The standard InChI is InChI=1S/C14H17ClN4/c1-4-16-13-10(3)14(18-8-17-13)19-12-7-11(15)6-5-9(12)2/h5-8H,4H2,1-3H3,(H2,16,17,18,19). The van der Waals surface area contributed by atoms with Gasteiger partial charge < -0.3 is 10.6 Å². The van der Waals surface area contributed by atoms with Crippen molar-refractivity contribution in [3.8, 4) is 0 Å². The fourth-order valence-corrected chi connectivity index (χ4v) is 1.95. The lowest BCUT2D eigenvalue weighted by molar-refractivity contribution is 1.08. The highest BCUT2D eigenvalue weighted by atomic mass is 35.5. The van der Waals surface area contributed by atoms with Crippen LogP contribution in [0.2, 0.25) is 5.02 Å². The zero-order valence-electron chi connectivity index (χ0n) is 11.3. The number of nitrogens with one attached hydrogen (secondary N) is 2. The molecule has 1 aromatic heterocycles. The van der Waals surface area contributed by atoms with Gasteiger partial charge in [-0.15, -0.1) is 0 Å². The Morgan fingerprint density at radius 2 is 1.89 bits per heavy atom. The van der Waals surface area contributed by atoms with Gasteiger partial charge in [-0.3, -0.25) is 0 Å². The Balaban J connectivity index is 2.33. The Morgan fingerprint density at radius 1 is 1.16 bits per heavy atom. The Morgan fingerprint density at radius 3 is 2.63 bits per heavy atom. The van der Waals surface area contributed by atoms with E-state index >= 15 is 0 Å². The van der Waals surface area contributed by atoms with E-state index in [1.165, 1.54) is 0 Å². The Hall–Kier alpha value is -1.81. The fraction of sp³-hybridized carbons (Fsp3) is 0.286. The number of nitrogens with zero attached hydrogens (tertiary/aromatic N) is 2. The first-order valence-electron chi connectivity index (χ1n) is 6.20. The minimum Gasteiger partial charge on any atom is -0.370 e. The average Bonchev–Trinajstić information content (AvgIpc) is 2.39. The molecule has 0 aliphatic carbocycles. The van der Waals surface area contributed by atoms with E-state index in [1.54, 1.807) is 6.33 Å². The molecule has 4 nitrogen and oxygen atoms in total. The number of benzene rings is 1. The van der Waals surface area contributed by atoms with Crippen molar-refractivity contribution in [3.05, 3.63) is 40.7 Å². The van der Waals surface area contributed by atoms with Crippen LogP contribution < -0.4 is 10.6 Å². The van der Waals surface area contributed by atoms with Gasteiger partial charge in [-0.2, -0.15) is 0 Å². The number of aromatic nitrogens is 2. The van der Waals surface area contributed by atoms with Crippen LogP contribution in [-0.2, 0) is 0 Å². The zero-order chi connectivity index (χ0) is 13.8. The minimum absolute atomic E-state index is 0.701. The van der Waals surface area contributed by atoms with Gasteiger partial charge in [0.05, 0.1) is 0 Å². The summed E-state index contributed by atoms with van der Waals surface area (Å²) in [6.07, 6.45) is 1.55. The largest absolute Gasteiger partial charge is 0.370 e. The Kier molecular flexibility index (Phi) is 4.22. The van der Waals surface area contributed by atoms with Gasteiger partial charge >= 0.3 is 0 Å². The summed E-state index contributed by atoms with van der Waals surface area (Å²) >= 11 is 6.02. The smallest absolute Gasteiger partial charge is 0.138 e. The fourth-order valence-electron chi connectivity index (χ4n) is 1.78. The molecule has 0 fully saturated rings. The van der Waals surface area contributed by atoms with Crippen LogP contribution in [0.4, 0.5) is 17.3 Å². The number of anilines is 3. The van der Waals surface area contributed by atoms with Crippen LogP contribution in [0.15, 0.2) is 24.5 Å². The molecule has 19 heavy (non-hydrogen) atoms. The van der Waals surface area contributed by atoms with Crippen molar-refractivity contribution in [2.75, 3.05) is 17.2 Å². The topological polar surface area (TPSA) is 49.8 Å². The summed E-state index contributed by atoms with van der Waals surface area (Å²) in [7, 11) is 0. The predicted molar refractivity (Wildman–Crippen MR) is 80.4 cm³/mol. The van der Waals surface area contributed by atoms with Crippen molar-refractivity contribution in [1.29, 1.82) is 0 Å². The maximum atomic E-state index is 6.02. The van der Waals surface area contributed by atoms with Crippen LogP contribution >= 0.6 is 11.6 Å². The van der Waals surface area contributed by atoms with E-state index in [0.29, 0.717) is 5.02 Å². The van der Waals surface area contributed by atoms with Crippen molar-refractivity contribution >= 4 is 28.9 Å². The van der Waals surface area contributed by atoms with Crippen molar-refractivity contribution in [2.24, 2.45) is 0 Å². The summed E-state index contributed by atoms with van der Waals surface area (Å²) in [5.41, 5.74) is 3.06. The molecule has 0 amide bonds. The second-order valence-corrected chi connectivity index (χ2v) is 4.75. The van der Waals surface area contributed by atoms with Crippen molar-refractivity contribution in [3.63, 3.8) is 0 Å². The van der Waals surface area contributed by atoms with E-state index in [9.17, 15) is 0 Å². The maximum absolute atomic E-state index is 6.02. The quantitative estimate of drug-likeness (QED) is 0.889. The molecular weight excluding hydrogens is 260 g/mol. The molecule has 0 atom stereocenters. The maximum Gasteiger partial charge on any atom is 0.138 e. The van der Waals surface area contributed by atoms with E-state index in [0.717, 1.165) is 35.0 Å². The normalized spacial score (nSPS) is 10.3. The SMILES string of the molecule is CCNc1ncnc(Nc2cc(Cl)ccc2C)c1C. The molecule has 0 aliphatic rings. The third-order valence-corrected chi connectivity index (χ3v) is 3.12. The number of hydrogen-bond acceptors (Lipinski definition) is 4. The highest BCUT2D eigenvalue weighted by molar-refractivity contribution is 6.30. The van der Waals surface area contributed by atoms with Crippen LogP contribution in [0.3, 0.4) is 0 Å². The highest BCUT2D eigenvalue weighted by Gasteiger charge is 2.08. The molecule has 1 heterocycles. The lowest BCUT2D eigenvalue weighted by atomic mass is 10.2. The first-order chi connectivity index (χ1) is 9.11. The summed E-state index contributed by atoms with van der Waals surface area (Å²) in [6, 6.07) is 5.75. The number of aryl methyl sites for hydroxylation is 1. The molecule has 0 radical (unpaired) electrons. The second kappa shape index (κ2) is 5.89. The molecule has 0 aliphatic heterocycles. The van der Waals surface area contributed by atoms with Crippen molar-refractivity contribution in [2.45, 2.75) is 20.8 Å². The first-order valence-corrected chi connectivity index (χ1v) is 6.58. The van der Waals surface area contributed by atoms with Gasteiger partial charge in [-0.1, -0.05) is 17.7 Å². The Bertz CT molecular complexity index is 584. The number of rotatable bonds is 4. The lowest BCUT2D eigenvalue weighted by Crippen LogP contribution is -2.05. The summed E-state index contributed by atoms with van der Waals surface area (Å²) < 4.78 is 0. The van der Waals surface area contributed by atoms with E-state index in [1.807, 2.05) is 39.0 Å². The van der Waals surface area contributed by atoms with Crippen molar-refractivity contribution < 1.29 is 0 Å². The first kappa shape index (κ1) is 13.6.